The van der Waals surface area contributed by atoms with Crippen molar-refractivity contribution in [3.05, 3.63) is 40.3 Å². The molecular weight excluding hydrogens is 310 g/mol. The molecule has 3 aromatic rings. The number of nitrogens with zero attached hydrogens (tertiary/aromatic N) is 4. The lowest BCUT2D eigenvalue weighted by molar-refractivity contribution is -0.121. The molecule has 2 aromatic heterocycles. The van der Waals surface area contributed by atoms with Gasteiger partial charge in [0.25, 0.3) is 0 Å². The van der Waals surface area contributed by atoms with Crippen LogP contribution in [0.4, 0.5) is 0 Å². The Labute approximate surface area is 138 Å². The Kier molecular flexibility index (Phi) is 4.97. The Morgan fingerprint density at radius 1 is 1.35 bits per heavy atom. The van der Waals surface area contributed by atoms with Crippen molar-refractivity contribution < 1.29 is 4.79 Å². The number of carbonyl (C=O) groups excluding carboxylic acids is 1. The third-order valence-corrected chi connectivity index (χ3v) is 4.71. The van der Waals surface area contributed by atoms with Gasteiger partial charge in [0.05, 0.1) is 16.7 Å². The minimum Gasteiger partial charge on any atom is -0.356 e. The van der Waals surface area contributed by atoms with Crippen LogP contribution in [0.2, 0.25) is 0 Å². The standard InChI is InChI=1S/C16H19N5OS/c1-12-15(23-11-18-12)7-8-16(22)17-9-4-10-21-14-6-3-2-5-13(14)19-20-21/h2-3,5-6,11H,4,7-10H2,1H3,(H,17,22). The van der Waals surface area contributed by atoms with Crippen molar-refractivity contribution in [2.45, 2.75) is 32.7 Å². The molecule has 0 saturated heterocycles. The summed E-state index contributed by atoms with van der Waals surface area (Å²) in [6, 6.07) is 7.88. The third kappa shape index (κ3) is 3.92. The van der Waals surface area contributed by atoms with Crippen LogP contribution in [0.3, 0.4) is 0 Å². The summed E-state index contributed by atoms with van der Waals surface area (Å²) in [6.07, 6.45) is 2.10. The third-order valence-electron chi connectivity index (χ3n) is 3.71. The molecule has 3 rings (SSSR count). The number of amides is 1. The zero-order chi connectivity index (χ0) is 16.1. The summed E-state index contributed by atoms with van der Waals surface area (Å²) < 4.78 is 1.88. The van der Waals surface area contributed by atoms with Crippen molar-refractivity contribution in [2.75, 3.05) is 6.54 Å². The average molecular weight is 329 g/mol. The van der Waals surface area contributed by atoms with E-state index in [-0.39, 0.29) is 5.91 Å². The summed E-state index contributed by atoms with van der Waals surface area (Å²) >= 11 is 1.61. The number of aryl methyl sites for hydroxylation is 3. The zero-order valence-electron chi connectivity index (χ0n) is 13.0. The molecule has 0 aliphatic rings. The molecule has 2 heterocycles. The summed E-state index contributed by atoms with van der Waals surface area (Å²) in [4.78, 5) is 17.2. The van der Waals surface area contributed by atoms with Gasteiger partial charge in [0.2, 0.25) is 5.91 Å². The predicted molar refractivity (Wildman–Crippen MR) is 90.3 cm³/mol. The fraction of sp³-hybridized carbons (Fsp3) is 0.375. The number of carbonyl (C=O) groups is 1. The van der Waals surface area contributed by atoms with Crippen molar-refractivity contribution in [1.82, 2.24) is 25.3 Å². The molecule has 1 amide bonds. The summed E-state index contributed by atoms with van der Waals surface area (Å²) in [5.74, 6) is 0.0845. The van der Waals surface area contributed by atoms with Gasteiger partial charge in [-0.3, -0.25) is 4.79 Å². The molecule has 6 nitrogen and oxygen atoms in total. The van der Waals surface area contributed by atoms with E-state index in [4.69, 9.17) is 0 Å². The fourth-order valence-electron chi connectivity index (χ4n) is 2.42. The van der Waals surface area contributed by atoms with Gasteiger partial charge in [-0.1, -0.05) is 17.3 Å². The second-order valence-corrected chi connectivity index (χ2v) is 6.31. The molecule has 0 fully saturated rings. The van der Waals surface area contributed by atoms with Gasteiger partial charge in [0.1, 0.15) is 5.52 Å². The monoisotopic (exact) mass is 329 g/mol. The molecule has 1 N–H and O–H groups in total. The van der Waals surface area contributed by atoms with Gasteiger partial charge in [0.15, 0.2) is 0 Å². The normalized spacial score (nSPS) is 11.0. The van der Waals surface area contributed by atoms with Crippen LogP contribution < -0.4 is 5.32 Å². The Balaban J connectivity index is 1.39. The number of rotatable bonds is 7. The number of para-hydroxylation sites is 1. The molecule has 0 bridgehead atoms. The molecule has 0 aliphatic carbocycles. The molecule has 23 heavy (non-hydrogen) atoms. The van der Waals surface area contributed by atoms with Gasteiger partial charge in [-0.25, -0.2) is 9.67 Å². The van der Waals surface area contributed by atoms with Crippen molar-refractivity contribution >= 4 is 28.3 Å². The fourth-order valence-corrected chi connectivity index (χ4v) is 3.20. The first-order chi connectivity index (χ1) is 11.2. The topological polar surface area (TPSA) is 72.7 Å². The molecule has 1 aromatic carbocycles. The summed E-state index contributed by atoms with van der Waals surface area (Å²) in [7, 11) is 0. The van der Waals surface area contributed by atoms with E-state index < -0.39 is 0 Å². The van der Waals surface area contributed by atoms with Crippen LogP contribution in [-0.4, -0.2) is 32.4 Å². The van der Waals surface area contributed by atoms with Crippen LogP contribution >= 0.6 is 11.3 Å². The highest BCUT2D eigenvalue weighted by Gasteiger charge is 2.06. The van der Waals surface area contributed by atoms with Crippen LogP contribution in [-0.2, 0) is 17.8 Å². The van der Waals surface area contributed by atoms with Gasteiger partial charge in [-0.15, -0.1) is 16.4 Å². The number of aromatic nitrogens is 4. The molecule has 0 aliphatic heterocycles. The van der Waals surface area contributed by atoms with Gasteiger partial charge < -0.3 is 5.32 Å². The molecule has 0 atom stereocenters. The first-order valence-corrected chi connectivity index (χ1v) is 8.56. The van der Waals surface area contributed by atoms with E-state index in [2.05, 4.69) is 20.6 Å². The number of hydrogen-bond acceptors (Lipinski definition) is 5. The Hall–Kier alpha value is -2.28. The van der Waals surface area contributed by atoms with E-state index in [1.807, 2.05) is 41.4 Å². The minimum atomic E-state index is 0.0845. The highest BCUT2D eigenvalue weighted by molar-refractivity contribution is 7.09. The number of thiazole rings is 1. The largest absolute Gasteiger partial charge is 0.356 e. The SMILES string of the molecule is Cc1ncsc1CCC(=O)NCCCn1nnc2ccccc21. The lowest BCUT2D eigenvalue weighted by Crippen LogP contribution is -2.25. The van der Waals surface area contributed by atoms with E-state index in [0.29, 0.717) is 13.0 Å². The van der Waals surface area contributed by atoms with Crippen LogP contribution in [0.1, 0.15) is 23.4 Å². The molecule has 0 unspecified atom stereocenters. The van der Waals surface area contributed by atoms with E-state index in [1.165, 1.54) is 4.88 Å². The minimum absolute atomic E-state index is 0.0845. The Morgan fingerprint density at radius 2 is 2.22 bits per heavy atom. The van der Waals surface area contributed by atoms with E-state index in [0.717, 1.165) is 36.1 Å². The smallest absolute Gasteiger partial charge is 0.220 e. The first kappa shape index (κ1) is 15.6. The van der Waals surface area contributed by atoms with Gasteiger partial charge in [0, 0.05) is 24.4 Å². The lowest BCUT2D eigenvalue weighted by atomic mass is 10.2. The maximum atomic E-state index is 11.9. The van der Waals surface area contributed by atoms with Crippen molar-refractivity contribution in [2.24, 2.45) is 0 Å². The molecule has 0 saturated carbocycles. The maximum absolute atomic E-state index is 11.9. The van der Waals surface area contributed by atoms with Crippen molar-refractivity contribution in [3.63, 3.8) is 0 Å². The number of hydrogen-bond donors (Lipinski definition) is 1. The highest BCUT2D eigenvalue weighted by Crippen LogP contribution is 2.14. The van der Waals surface area contributed by atoms with Crippen LogP contribution in [0, 0.1) is 6.92 Å². The van der Waals surface area contributed by atoms with Crippen molar-refractivity contribution in [3.8, 4) is 0 Å². The molecule has 0 radical (unpaired) electrons. The summed E-state index contributed by atoms with van der Waals surface area (Å²) in [5.41, 5.74) is 4.78. The first-order valence-electron chi connectivity index (χ1n) is 7.68. The number of nitrogens with one attached hydrogen (secondary N) is 1. The molecule has 0 spiro atoms. The van der Waals surface area contributed by atoms with E-state index in [1.54, 1.807) is 11.3 Å². The van der Waals surface area contributed by atoms with Gasteiger partial charge in [-0.2, -0.15) is 0 Å². The summed E-state index contributed by atoms with van der Waals surface area (Å²) in [5, 5.41) is 11.2. The van der Waals surface area contributed by atoms with Crippen molar-refractivity contribution in [1.29, 1.82) is 0 Å². The maximum Gasteiger partial charge on any atom is 0.220 e. The number of fused-ring (bicyclic) bond motifs is 1. The van der Waals surface area contributed by atoms with E-state index >= 15 is 0 Å². The summed E-state index contributed by atoms with van der Waals surface area (Å²) in [6.45, 7) is 3.37. The molecule has 120 valence electrons. The average Bonchev–Trinajstić information content (AvgIpc) is 3.16. The number of benzene rings is 1. The highest BCUT2D eigenvalue weighted by atomic mass is 32.1. The van der Waals surface area contributed by atoms with Crippen LogP contribution in [0.15, 0.2) is 29.8 Å². The predicted octanol–water partition coefficient (Wildman–Crippen LogP) is 2.34. The zero-order valence-corrected chi connectivity index (χ0v) is 13.8. The van der Waals surface area contributed by atoms with Crippen LogP contribution in [0.25, 0.3) is 11.0 Å². The molecular formula is C16H19N5OS. The van der Waals surface area contributed by atoms with Crippen LogP contribution in [0.5, 0.6) is 0 Å². The second kappa shape index (κ2) is 7.32. The Bertz CT molecular complexity index is 794. The Morgan fingerprint density at radius 3 is 3.04 bits per heavy atom. The quantitative estimate of drug-likeness (QED) is 0.675. The second-order valence-electron chi connectivity index (χ2n) is 5.37. The van der Waals surface area contributed by atoms with Gasteiger partial charge >= 0.3 is 0 Å². The molecule has 7 heteroatoms. The lowest BCUT2D eigenvalue weighted by Gasteiger charge is -2.05. The van der Waals surface area contributed by atoms with Gasteiger partial charge in [-0.05, 0) is 31.9 Å². The van der Waals surface area contributed by atoms with E-state index in [9.17, 15) is 4.79 Å².